The van der Waals surface area contributed by atoms with Crippen LogP contribution in [0.1, 0.15) is 37.3 Å². The number of rotatable bonds is 6. The maximum Gasteiger partial charge on any atom is 0.223 e. The van der Waals surface area contributed by atoms with E-state index in [1.165, 1.54) is 0 Å². The Morgan fingerprint density at radius 1 is 1.11 bits per heavy atom. The van der Waals surface area contributed by atoms with Crippen LogP contribution in [-0.4, -0.2) is 37.2 Å². The third-order valence-corrected chi connectivity index (χ3v) is 5.67. The summed E-state index contributed by atoms with van der Waals surface area (Å²) in [5, 5.41) is 0. The van der Waals surface area contributed by atoms with Crippen LogP contribution in [-0.2, 0) is 4.79 Å². The highest BCUT2D eigenvalue weighted by molar-refractivity contribution is 9.10. The molecule has 2 aromatic carbocycles. The van der Waals surface area contributed by atoms with Crippen LogP contribution in [0.4, 0.5) is 0 Å². The Kier molecular flexibility index (Phi) is 6.05. The zero-order valence-electron chi connectivity index (χ0n) is 15.7. The van der Waals surface area contributed by atoms with Gasteiger partial charge in [-0.2, -0.15) is 0 Å². The Hall–Kier alpha value is -2.21. The summed E-state index contributed by atoms with van der Waals surface area (Å²) in [6.07, 6.45) is 3.22. The predicted molar refractivity (Wildman–Crippen MR) is 110 cm³/mol. The number of likely N-dealkylation sites (tertiary alicyclic amines) is 1. The van der Waals surface area contributed by atoms with E-state index in [9.17, 15) is 4.79 Å². The van der Waals surface area contributed by atoms with Crippen LogP contribution in [0.5, 0.6) is 17.2 Å². The molecular formula is C22H24BrNO4. The van der Waals surface area contributed by atoms with E-state index < -0.39 is 0 Å². The van der Waals surface area contributed by atoms with E-state index in [1.807, 2.05) is 41.3 Å². The standard InChI is InChI=1S/C22H24BrNO4/c23-17-6-8-18(9-7-17)26-12-2-4-22(25)24-11-1-3-19(24)16-5-10-20-21(15-16)28-14-13-27-20/h5-10,15,19H,1-4,11-14H2/t19-/m0/s1. The summed E-state index contributed by atoms with van der Waals surface area (Å²) in [4.78, 5) is 14.8. The molecule has 1 fully saturated rings. The van der Waals surface area contributed by atoms with Gasteiger partial charge in [0.25, 0.3) is 0 Å². The molecule has 5 nitrogen and oxygen atoms in total. The quantitative estimate of drug-likeness (QED) is 0.602. The fourth-order valence-corrected chi connectivity index (χ4v) is 4.03. The van der Waals surface area contributed by atoms with E-state index in [0.717, 1.165) is 46.7 Å². The van der Waals surface area contributed by atoms with E-state index in [0.29, 0.717) is 32.7 Å². The monoisotopic (exact) mass is 445 g/mol. The molecule has 0 N–H and O–H groups in total. The van der Waals surface area contributed by atoms with Gasteiger partial charge in [0.1, 0.15) is 19.0 Å². The molecule has 1 amide bonds. The Morgan fingerprint density at radius 2 is 1.89 bits per heavy atom. The van der Waals surface area contributed by atoms with Crippen molar-refractivity contribution in [2.75, 3.05) is 26.4 Å². The number of carbonyl (C=O) groups is 1. The Morgan fingerprint density at radius 3 is 2.71 bits per heavy atom. The number of ether oxygens (including phenoxy) is 3. The lowest BCUT2D eigenvalue weighted by atomic mass is 10.0. The van der Waals surface area contributed by atoms with Gasteiger partial charge in [-0.3, -0.25) is 4.79 Å². The highest BCUT2D eigenvalue weighted by Gasteiger charge is 2.30. The third-order valence-electron chi connectivity index (χ3n) is 5.14. The van der Waals surface area contributed by atoms with Gasteiger partial charge in [-0.05, 0) is 61.2 Å². The van der Waals surface area contributed by atoms with Gasteiger partial charge < -0.3 is 19.1 Å². The number of benzene rings is 2. The largest absolute Gasteiger partial charge is 0.494 e. The molecule has 1 saturated heterocycles. The molecule has 2 heterocycles. The zero-order valence-corrected chi connectivity index (χ0v) is 17.3. The first-order valence-electron chi connectivity index (χ1n) is 9.78. The van der Waals surface area contributed by atoms with Gasteiger partial charge in [-0.15, -0.1) is 0 Å². The second-order valence-electron chi connectivity index (χ2n) is 7.05. The van der Waals surface area contributed by atoms with Crippen molar-refractivity contribution in [1.29, 1.82) is 0 Å². The molecule has 0 bridgehead atoms. The Balaban J connectivity index is 1.31. The number of hydrogen-bond donors (Lipinski definition) is 0. The van der Waals surface area contributed by atoms with Gasteiger partial charge in [0.05, 0.1) is 12.6 Å². The number of halogens is 1. The molecule has 0 aromatic heterocycles. The van der Waals surface area contributed by atoms with Gasteiger partial charge in [-0.1, -0.05) is 22.0 Å². The number of carbonyl (C=O) groups excluding carboxylic acids is 1. The summed E-state index contributed by atoms with van der Waals surface area (Å²) in [7, 11) is 0. The van der Waals surface area contributed by atoms with E-state index in [2.05, 4.69) is 22.0 Å². The maximum atomic E-state index is 12.8. The van der Waals surface area contributed by atoms with Crippen molar-refractivity contribution >= 4 is 21.8 Å². The fourth-order valence-electron chi connectivity index (χ4n) is 3.77. The van der Waals surface area contributed by atoms with Crippen LogP contribution >= 0.6 is 15.9 Å². The first-order valence-corrected chi connectivity index (χ1v) is 10.6. The molecule has 2 aliphatic rings. The lowest BCUT2D eigenvalue weighted by Gasteiger charge is -2.27. The number of amides is 1. The van der Waals surface area contributed by atoms with Gasteiger partial charge in [0.15, 0.2) is 11.5 Å². The van der Waals surface area contributed by atoms with Gasteiger partial charge in [0, 0.05) is 17.4 Å². The highest BCUT2D eigenvalue weighted by Crippen LogP contribution is 2.38. The van der Waals surface area contributed by atoms with E-state index in [4.69, 9.17) is 14.2 Å². The van der Waals surface area contributed by atoms with Crippen molar-refractivity contribution in [2.45, 2.75) is 31.7 Å². The minimum Gasteiger partial charge on any atom is -0.494 e. The minimum absolute atomic E-state index is 0.121. The molecule has 2 aliphatic heterocycles. The SMILES string of the molecule is O=C(CCCOc1ccc(Br)cc1)N1CCC[C@H]1c1ccc2c(c1)OCCO2. The molecule has 0 radical (unpaired) electrons. The van der Waals surface area contributed by atoms with Crippen molar-refractivity contribution < 1.29 is 19.0 Å². The summed E-state index contributed by atoms with van der Waals surface area (Å²) in [5.74, 6) is 2.59. The smallest absolute Gasteiger partial charge is 0.223 e. The third kappa shape index (κ3) is 4.43. The zero-order chi connectivity index (χ0) is 19.3. The van der Waals surface area contributed by atoms with E-state index in [1.54, 1.807) is 0 Å². The number of hydrogen-bond acceptors (Lipinski definition) is 4. The molecule has 6 heteroatoms. The molecule has 28 heavy (non-hydrogen) atoms. The molecule has 0 saturated carbocycles. The second-order valence-corrected chi connectivity index (χ2v) is 7.97. The van der Waals surface area contributed by atoms with E-state index >= 15 is 0 Å². The maximum absolute atomic E-state index is 12.8. The first-order chi connectivity index (χ1) is 13.7. The Bertz CT molecular complexity index is 824. The molecule has 4 rings (SSSR count). The van der Waals surface area contributed by atoms with Crippen LogP contribution in [0, 0.1) is 0 Å². The molecular weight excluding hydrogens is 422 g/mol. The van der Waals surface area contributed by atoms with Crippen molar-refractivity contribution in [3.63, 3.8) is 0 Å². The summed E-state index contributed by atoms with van der Waals surface area (Å²) < 4.78 is 18.1. The average Bonchev–Trinajstić information content (AvgIpc) is 3.22. The van der Waals surface area contributed by atoms with Crippen molar-refractivity contribution in [3.05, 3.63) is 52.5 Å². The van der Waals surface area contributed by atoms with E-state index in [-0.39, 0.29) is 11.9 Å². The van der Waals surface area contributed by atoms with Gasteiger partial charge in [0.2, 0.25) is 5.91 Å². The molecule has 2 aromatic rings. The van der Waals surface area contributed by atoms with Gasteiger partial charge in [-0.25, -0.2) is 0 Å². The summed E-state index contributed by atoms with van der Waals surface area (Å²) in [6, 6.07) is 13.9. The number of nitrogens with zero attached hydrogens (tertiary/aromatic N) is 1. The average molecular weight is 446 g/mol. The fraction of sp³-hybridized carbons (Fsp3) is 0.409. The molecule has 0 spiro atoms. The Labute approximate surface area is 173 Å². The van der Waals surface area contributed by atoms with Crippen LogP contribution < -0.4 is 14.2 Å². The van der Waals surface area contributed by atoms with Crippen LogP contribution in [0.2, 0.25) is 0 Å². The predicted octanol–water partition coefficient (Wildman–Crippen LogP) is 4.74. The van der Waals surface area contributed by atoms with Crippen LogP contribution in [0.3, 0.4) is 0 Å². The molecule has 0 unspecified atom stereocenters. The number of fused-ring (bicyclic) bond motifs is 1. The normalized spacial score (nSPS) is 18.2. The first kappa shape index (κ1) is 19.1. The second kappa shape index (κ2) is 8.86. The molecule has 0 aliphatic carbocycles. The van der Waals surface area contributed by atoms with Crippen LogP contribution in [0.25, 0.3) is 0 Å². The summed E-state index contributed by atoms with van der Waals surface area (Å²) in [5.41, 5.74) is 1.13. The molecule has 1 atom stereocenters. The van der Waals surface area contributed by atoms with Crippen LogP contribution in [0.15, 0.2) is 46.9 Å². The summed E-state index contributed by atoms with van der Waals surface area (Å²) in [6.45, 7) is 2.51. The van der Waals surface area contributed by atoms with Crippen molar-refractivity contribution in [1.82, 2.24) is 4.90 Å². The molecule has 148 valence electrons. The topological polar surface area (TPSA) is 48.0 Å². The van der Waals surface area contributed by atoms with Gasteiger partial charge >= 0.3 is 0 Å². The lowest BCUT2D eigenvalue weighted by Crippen LogP contribution is -2.30. The summed E-state index contributed by atoms with van der Waals surface area (Å²) >= 11 is 3.41. The minimum atomic E-state index is 0.121. The van der Waals surface area contributed by atoms with Crippen molar-refractivity contribution in [3.8, 4) is 17.2 Å². The van der Waals surface area contributed by atoms with Crippen molar-refractivity contribution in [2.24, 2.45) is 0 Å². The lowest BCUT2D eigenvalue weighted by molar-refractivity contribution is -0.132. The highest BCUT2D eigenvalue weighted by atomic mass is 79.9.